The standard InChI is InChI=1S/C17H27N/c1-5-14(2)12-13-17-15(3)10-8-6-7-9-11-16(4)18-17/h6-7,9,11-13,15-16,18H,5,8,10H2,1-4H3/b7-6-,11-9-,14-12-,17-13+. The molecule has 0 fully saturated rings. The molecule has 0 saturated heterocycles. The van der Waals surface area contributed by atoms with Crippen molar-refractivity contribution in [2.24, 2.45) is 5.92 Å². The summed E-state index contributed by atoms with van der Waals surface area (Å²) in [6.45, 7) is 8.89. The summed E-state index contributed by atoms with van der Waals surface area (Å²) in [5.74, 6) is 0.588. The smallest absolute Gasteiger partial charge is 0.0416 e. The summed E-state index contributed by atoms with van der Waals surface area (Å²) in [6, 6.07) is 0.386. The molecule has 0 aromatic rings. The Morgan fingerprint density at radius 2 is 2.17 bits per heavy atom. The van der Waals surface area contributed by atoms with Crippen LogP contribution >= 0.6 is 0 Å². The van der Waals surface area contributed by atoms with Gasteiger partial charge in [-0.1, -0.05) is 49.8 Å². The SMILES string of the molecule is CC/C(C)=C\C=C1\NC(C)/C=C\C=C/CCC1C. The van der Waals surface area contributed by atoms with Crippen LogP contribution in [0.4, 0.5) is 0 Å². The second kappa shape index (κ2) is 7.97. The van der Waals surface area contributed by atoms with Crippen LogP contribution in [0.5, 0.6) is 0 Å². The molecule has 1 rings (SSSR count). The molecule has 0 amide bonds. The molecule has 0 aromatic heterocycles. The lowest BCUT2D eigenvalue weighted by Gasteiger charge is -2.21. The van der Waals surface area contributed by atoms with Crippen molar-refractivity contribution in [3.63, 3.8) is 0 Å². The van der Waals surface area contributed by atoms with Gasteiger partial charge in [0.05, 0.1) is 0 Å². The molecule has 1 aliphatic heterocycles. The van der Waals surface area contributed by atoms with Crippen LogP contribution in [0.25, 0.3) is 0 Å². The maximum Gasteiger partial charge on any atom is 0.0416 e. The van der Waals surface area contributed by atoms with E-state index in [1.54, 1.807) is 0 Å². The minimum atomic E-state index is 0.386. The van der Waals surface area contributed by atoms with Gasteiger partial charge in [0.15, 0.2) is 0 Å². The summed E-state index contributed by atoms with van der Waals surface area (Å²) >= 11 is 0. The number of hydrogen-bond donors (Lipinski definition) is 1. The topological polar surface area (TPSA) is 12.0 Å². The van der Waals surface area contributed by atoms with Crippen LogP contribution in [0.15, 0.2) is 47.7 Å². The number of allylic oxidation sites excluding steroid dienone is 7. The number of rotatable bonds is 2. The number of nitrogens with one attached hydrogen (secondary N) is 1. The van der Waals surface area contributed by atoms with Crippen molar-refractivity contribution in [1.29, 1.82) is 0 Å². The van der Waals surface area contributed by atoms with E-state index in [1.165, 1.54) is 17.7 Å². The molecule has 0 saturated carbocycles. The molecule has 100 valence electrons. The Hall–Kier alpha value is -1.24. The Morgan fingerprint density at radius 1 is 1.39 bits per heavy atom. The second-order valence-electron chi connectivity index (χ2n) is 5.21. The van der Waals surface area contributed by atoms with E-state index in [4.69, 9.17) is 0 Å². The van der Waals surface area contributed by atoms with Gasteiger partial charge in [-0.15, -0.1) is 0 Å². The minimum Gasteiger partial charge on any atom is -0.382 e. The summed E-state index contributed by atoms with van der Waals surface area (Å²) < 4.78 is 0. The molecular weight excluding hydrogens is 218 g/mol. The van der Waals surface area contributed by atoms with Crippen LogP contribution in [-0.4, -0.2) is 6.04 Å². The Balaban J connectivity index is 2.84. The summed E-state index contributed by atoms with van der Waals surface area (Å²) in [7, 11) is 0. The molecule has 0 radical (unpaired) electrons. The van der Waals surface area contributed by atoms with Crippen LogP contribution in [0, 0.1) is 5.92 Å². The predicted octanol–water partition coefficient (Wildman–Crippen LogP) is 4.75. The van der Waals surface area contributed by atoms with Gasteiger partial charge in [0.2, 0.25) is 0 Å². The summed E-state index contributed by atoms with van der Waals surface area (Å²) in [5, 5.41) is 3.61. The molecule has 2 atom stereocenters. The molecule has 2 unspecified atom stereocenters. The van der Waals surface area contributed by atoms with Gasteiger partial charge in [-0.2, -0.15) is 0 Å². The molecule has 0 bridgehead atoms. The van der Waals surface area contributed by atoms with E-state index in [-0.39, 0.29) is 0 Å². The molecule has 1 heteroatoms. The lowest BCUT2D eigenvalue weighted by molar-refractivity contribution is 0.548. The fourth-order valence-corrected chi connectivity index (χ4v) is 1.92. The Bertz CT molecular complexity index is 358. The Labute approximate surface area is 112 Å². The van der Waals surface area contributed by atoms with Crippen molar-refractivity contribution in [1.82, 2.24) is 5.32 Å². The van der Waals surface area contributed by atoms with Gasteiger partial charge < -0.3 is 5.32 Å². The van der Waals surface area contributed by atoms with Crippen LogP contribution in [0.3, 0.4) is 0 Å². The highest BCUT2D eigenvalue weighted by molar-refractivity contribution is 5.19. The van der Waals surface area contributed by atoms with Gasteiger partial charge in [-0.25, -0.2) is 0 Å². The molecular formula is C17H27N. The van der Waals surface area contributed by atoms with Crippen molar-refractivity contribution in [3.8, 4) is 0 Å². The van der Waals surface area contributed by atoms with Crippen LogP contribution in [-0.2, 0) is 0 Å². The Kier molecular flexibility index (Phi) is 6.56. The summed E-state index contributed by atoms with van der Waals surface area (Å²) in [5.41, 5.74) is 2.78. The molecule has 0 aromatic carbocycles. The zero-order valence-corrected chi connectivity index (χ0v) is 12.2. The molecule has 0 aliphatic carbocycles. The first-order valence-electron chi connectivity index (χ1n) is 7.10. The second-order valence-corrected chi connectivity index (χ2v) is 5.21. The predicted molar refractivity (Wildman–Crippen MR) is 81.4 cm³/mol. The van der Waals surface area contributed by atoms with Crippen LogP contribution in [0.1, 0.15) is 47.0 Å². The van der Waals surface area contributed by atoms with E-state index in [1.807, 2.05) is 0 Å². The maximum absolute atomic E-state index is 3.61. The summed E-state index contributed by atoms with van der Waals surface area (Å²) in [4.78, 5) is 0. The molecule has 1 N–H and O–H groups in total. The van der Waals surface area contributed by atoms with E-state index in [0.29, 0.717) is 12.0 Å². The van der Waals surface area contributed by atoms with Gasteiger partial charge in [0.25, 0.3) is 0 Å². The van der Waals surface area contributed by atoms with Gasteiger partial charge in [-0.05, 0) is 45.1 Å². The molecule has 1 nitrogen and oxygen atoms in total. The average Bonchev–Trinajstić information content (AvgIpc) is 2.37. The highest BCUT2D eigenvalue weighted by Crippen LogP contribution is 2.17. The molecule has 0 spiro atoms. The minimum absolute atomic E-state index is 0.386. The van der Waals surface area contributed by atoms with Crippen molar-refractivity contribution >= 4 is 0 Å². The quantitative estimate of drug-likeness (QED) is 0.740. The first kappa shape index (κ1) is 14.8. The van der Waals surface area contributed by atoms with Crippen molar-refractivity contribution in [2.45, 2.75) is 53.0 Å². The maximum atomic E-state index is 3.61. The van der Waals surface area contributed by atoms with E-state index < -0.39 is 0 Å². The molecule has 18 heavy (non-hydrogen) atoms. The fraction of sp³-hybridized carbons (Fsp3) is 0.529. The van der Waals surface area contributed by atoms with Crippen molar-refractivity contribution in [3.05, 3.63) is 47.7 Å². The van der Waals surface area contributed by atoms with Crippen molar-refractivity contribution in [2.75, 3.05) is 0 Å². The molecule has 1 aliphatic rings. The first-order valence-corrected chi connectivity index (χ1v) is 7.10. The van der Waals surface area contributed by atoms with Gasteiger partial charge >= 0.3 is 0 Å². The lowest BCUT2D eigenvalue weighted by Crippen LogP contribution is -2.27. The number of hydrogen-bond acceptors (Lipinski definition) is 1. The zero-order valence-electron chi connectivity index (χ0n) is 12.2. The van der Waals surface area contributed by atoms with Crippen LogP contribution in [0.2, 0.25) is 0 Å². The van der Waals surface area contributed by atoms with E-state index in [0.717, 1.165) is 12.8 Å². The third kappa shape index (κ3) is 5.39. The molecule has 1 heterocycles. The van der Waals surface area contributed by atoms with E-state index >= 15 is 0 Å². The van der Waals surface area contributed by atoms with Gasteiger partial charge in [-0.3, -0.25) is 0 Å². The highest BCUT2D eigenvalue weighted by Gasteiger charge is 2.09. The zero-order chi connectivity index (χ0) is 13.4. The van der Waals surface area contributed by atoms with Crippen LogP contribution < -0.4 is 5.32 Å². The third-order valence-electron chi connectivity index (χ3n) is 3.44. The monoisotopic (exact) mass is 245 g/mol. The van der Waals surface area contributed by atoms with Gasteiger partial charge in [0.1, 0.15) is 0 Å². The van der Waals surface area contributed by atoms with Crippen molar-refractivity contribution < 1.29 is 0 Å². The highest BCUT2D eigenvalue weighted by atomic mass is 14.9. The normalized spacial score (nSPS) is 31.8. The Morgan fingerprint density at radius 3 is 2.89 bits per heavy atom. The summed E-state index contributed by atoms with van der Waals surface area (Å²) in [6.07, 6.45) is 16.7. The third-order valence-corrected chi connectivity index (χ3v) is 3.44. The largest absolute Gasteiger partial charge is 0.382 e. The van der Waals surface area contributed by atoms with Gasteiger partial charge in [0, 0.05) is 11.7 Å². The average molecular weight is 245 g/mol. The van der Waals surface area contributed by atoms with E-state index in [2.05, 4.69) is 69.5 Å². The van der Waals surface area contributed by atoms with E-state index in [9.17, 15) is 0 Å². The fourth-order valence-electron chi connectivity index (χ4n) is 1.92. The lowest BCUT2D eigenvalue weighted by atomic mass is 9.99. The first-order chi connectivity index (χ1) is 8.63.